The third kappa shape index (κ3) is 3.06. The van der Waals surface area contributed by atoms with Gasteiger partial charge in [-0.05, 0) is 36.8 Å². The lowest BCUT2D eigenvalue weighted by atomic mass is 10.0. The summed E-state index contributed by atoms with van der Waals surface area (Å²) in [5.74, 6) is -0.778. The predicted molar refractivity (Wildman–Crippen MR) is 68.8 cm³/mol. The Morgan fingerprint density at radius 2 is 2.12 bits per heavy atom. The molecule has 1 aromatic carbocycles. The van der Waals surface area contributed by atoms with E-state index in [0.717, 1.165) is 24.6 Å². The maximum Gasteiger partial charge on any atom is 0.254 e. The van der Waals surface area contributed by atoms with Gasteiger partial charge in [-0.15, -0.1) is 0 Å². The molecular weight excluding hydrogens is 285 g/mol. The molecule has 17 heavy (non-hydrogen) atoms. The minimum atomic E-state index is -0.463. The lowest BCUT2D eigenvalue weighted by molar-refractivity contribution is 0.0940. The van der Waals surface area contributed by atoms with Gasteiger partial charge in [0.1, 0.15) is 5.82 Å². The SMILES string of the molecule is O=C(NCC1(CCBr)CC1)c1ccccc1F. The van der Waals surface area contributed by atoms with Crippen molar-refractivity contribution in [1.29, 1.82) is 0 Å². The summed E-state index contributed by atoms with van der Waals surface area (Å²) in [4.78, 5) is 11.8. The van der Waals surface area contributed by atoms with Gasteiger partial charge in [0.2, 0.25) is 0 Å². The number of benzene rings is 1. The second kappa shape index (κ2) is 5.17. The zero-order valence-electron chi connectivity index (χ0n) is 9.51. The summed E-state index contributed by atoms with van der Waals surface area (Å²) < 4.78 is 13.4. The number of hydrogen-bond donors (Lipinski definition) is 1. The van der Waals surface area contributed by atoms with E-state index in [1.54, 1.807) is 12.1 Å². The monoisotopic (exact) mass is 299 g/mol. The van der Waals surface area contributed by atoms with Gasteiger partial charge < -0.3 is 5.32 Å². The summed E-state index contributed by atoms with van der Waals surface area (Å²) in [5.41, 5.74) is 0.381. The van der Waals surface area contributed by atoms with E-state index in [2.05, 4.69) is 21.2 Å². The number of nitrogens with one attached hydrogen (secondary N) is 1. The molecule has 0 aliphatic heterocycles. The zero-order chi connectivity index (χ0) is 12.3. The van der Waals surface area contributed by atoms with Gasteiger partial charge in [0.05, 0.1) is 5.56 Å². The number of carbonyl (C=O) groups is 1. The summed E-state index contributed by atoms with van der Waals surface area (Å²) in [6.07, 6.45) is 3.36. The van der Waals surface area contributed by atoms with E-state index in [1.807, 2.05) is 0 Å². The first-order chi connectivity index (χ1) is 8.17. The minimum absolute atomic E-state index is 0.127. The van der Waals surface area contributed by atoms with Crippen molar-refractivity contribution in [3.63, 3.8) is 0 Å². The molecule has 0 aromatic heterocycles. The first kappa shape index (κ1) is 12.6. The van der Waals surface area contributed by atoms with Gasteiger partial charge in [0, 0.05) is 11.9 Å². The Labute approximate surface area is 109 Å². The van der Waals surface area contributed by atoms with Crippen molar-refractivity contribution in [3.8, 4) is 0 Å². The van der Waals surface area contributed by atoms with Crippen LogP contribution in [0.2, 0.25) is 0 Å². The third-order valence-corrected chi connectivity index (χ3v) is 3.72. The molecule has 0 bridgehead atoms. The van der Waals surface area contributed by atoms with Crippen LogP contribution in [-0.4, -0.2) is 17.8 Å². The Morgan fingerprint density at radius 3 is 2.71 bits per heavy atom. The van der Waals surface area contributed by atoms with Crippen molar-refractivity contribution >= 4 is 21.8 Å². The molecule has 1 aliphatic rings. The van der Waals surface area contributed by atoms with Gasteiger partial charge in [0.25, 0.3) is 5.91 Å². The van der Waals surface area contributed by atoms with Crippen LogP contribution in [0.4, 0.5) is 4.39 Å². The van der Waals surface area contributed by atoms with E-state index >= 15 is 0 Å². The smallest absolute Gasteiger partial charge is 0.254 e. The Hall–Kier alpha value is -0.900. The Morgan fingerprint density at radius 1 is 1.41 bits per heavy atom. The highest BCUT2D eigenvalue weighted by Crippen LogP contribution is 2.48. The van der Waals surface area contributed by atoms with Crippen LogP contribution in [0.3, 0.4) is 0 Å². The fourth-order valence-electron chi connectivity index (χ4n) is 1.90. The highest BCUT2D eigenvalue weighted by atomic mass is 79.9. The quantitative estimate of drug-likeness (QED) is 0.832. The van der Waals surface area contributed by atoms with Crippen LogP contribution in [0.15, 0.2) is 24.3 Å². The third-order valence-electron chi connectivity index (χ3n) is 3.32. The Balaban J connectivity index is 1.92. The van der Waals surface area contributed by atoms with Crippen molar-refractivity contribution in [1.82, 2.24) is 5.32 Å². The molecule has 2 rings (SSSR count). The molecule has 1 fully saturated rings. The number of carbonyl (C=O) groups excluding carboxylic acids is 1. The molecule has 0 unspecified atom stereocenters. The summed E-state index contributed by atoms with van der Waals surface area (Å²) in [5, 5.41) is 3.77. The highest BCUT2D eigenvalue weighted by molar-refractivity contribution is 9.09. The van der Waals surface area contributed by atoms with Gasteiger partial charge in [-0.25, -0.2) is 4.39 Å². The van der Waals surface area contributed by atoms with Crippen LogP contribution >= 0.6 is 15.9 Å². The van der Waals surface area contributed by atoms with Crippen LogP contribution in [-0.2, 0) is 0 Å². The van der Waals surface area contributed by atoms with E-state index in [4.69, 9.17) is 0 Å². The fraction of sp³-hybridized carbons (Fsp3) is 0.462. The van der Waals surface area contributed by atoms with Gasteiger partial charge in [0.15, 0.2) is 0 Å². The molecule has 0 atom stereocenters. The molecule has 1 aromatic rings. The van der Waals surface area contributed by atoms with Crippen LogP contribution in [0, 0.1) is 11.2 Å². The second-order valence-corrected chi connectivity index (χ2v) is 5.39. The molecule has 1 amide bonds. The summed E-state index contributed by atoms with van der Waals surface area (Å²) in [6, 6.07) is 6.07. The molecule has 2 nitrogen and oxygen atoms in total. The average molecular weight is 300 g/mol. The van der Waals surface area contributed by atoms with Gasteiger partial charge in [-0.3, -0.25) is 4.79 Å². The fourth-order valence-corrected chi connectivity index (χ4v) is 2.74. The van der Waals surface area contributed by atoms with Gasteiger partial charge >= 0.3 is 0 Å². The van der Waals surface area contributed by atoms with Crippen LogP contribution in [0.1, 0.15) is 29.6 Å². The zero-order valence-corrected chi connectivity index (χ0v) is 11.1. The normalized spacial score (nSPS) is 16.6. The summed E-state index contributed by atoms with van der Waals surface area (Å²) >= 11 is 3.42. The highest BCUT2D eigenvalue weighted by Gasteiger charge is 2.41. The number of rotatable bonds is 5. The van der Waals surface area contributed by atoms with E-state index < -0.39 is 5.82 Å². The number of alkyl halides is 1. The summed E-state index contributed by atoms with van der Waals surface area (Å²) in [7, 11) is 0. The average Bonchev–Trinajstić information content (AvgIpc) is 3.08. The topological polar surface area (TPSA) is 29.1 Å². The van der Waals surface area contributed by atoms with Crippen molar-refractivity contribution < 1.29 is 9.18 Å². The van der Waals surface area contributed by atoms with E-state index in [9.17, 15) is 9.18 Å². The largest absolute Gasteiger partial charge is 0.351 e. The molecule has 0 heterocycles. The van der Waals surface area contributed by atoms with Crippen molar-refractivity contribution in [2.75, 3.05) is 11.9 Å². The minimum Gasteiger partial charge on any atom is -0.351 e. The molecule has 0 saturated heterocycles. The van der Waals surface area contributed by atoms with Crippen molar-refractivity contribution in [2.45, 2.75) is 19.3 Å². The first-order valence-electron chi connectivity index (χ1n) is 5.76. The van der Waals surface area contributed by atoms with Crippen molar-refractivity contribution in [3.05, 3.63) is 35.6 Å². The van der Waals surface area contributed by atoms with Gasteiger partial charge in [-0.2, -0.15) is 0 Å². The lowest BCUT2D eigenvalue weighted by Crippen LogP contribution is -2.31. The van der Waals surface area contributed by atoms with E-state index in [0.29, 0.717) is 6.54 Å². The van der Waals surface area contributed by atoms with Crippen LogP contribution in [0.5, 0.6) is 0 Å². The molecule has 1 N–H and O–H groups in total. The molecule has 4 heteroatoms. The Bertz CT molecular complexity index is 418. The van der Waals surface area contributed by atoms with Crippen LogP contribution < -0.4 is 5.32 Å². The number of hydrogen-bond acceptors (Lipinski definition) is 1. The lowest BCUT2D eigenvalue weighted by Gasteiger charge is -2.14. The Kier molecular flexibility index (Phi) is 3.82. The van der Waals surface area contributed by atoms with Crippen molar-refractivity contribution in [2.24, 2.45) is 5.41 Å². The second-order valence-electron chi connectivity index (χ2n) is 4.60. The van der Waals surface area contributed by atoms with Crippen LogP contribution in [0.25, 0.3) is 0 Å². The van der Waals surface area contributed by atoms with Gasteiger partial charge in [-0.1, -0.05) is 28.1 Å². The predicted octanol–water partition coefficient (Wildman–Crippen LogP) is 3.12. The van der Waals surface area contributed by atoms with E-state index in [-0.39, 0.29) is 16.9 Å². The molecule has 0 spiro atoms. The molecular formula is C13H15BrFNO. The maximum absolute atomic E-state index is 13.4. The maximum atomic E-state index is 13.4. The first-order valence-corrected chi connectivity index (χ1v) is 6.88. The number of halogens is 2. The molecule has 92 valence electrons. The summed E-state index contributed by atoms with van der Waals surface area (Å²) in [6.45, 7) is 0.645. The molecule has 1 aliphatic carbocycles. The van der Waals surface area contributed by atoms with E-state index in [1.165, 1.54) is 12.1 Å². The number of amides is 1. The molecule has 1 saturated carbocycles. The standard InChI is InChI=1S/C13H15BrFNO/c14-8-7-13(5-6-13)9-16-12(17)10-3-1-2-4-11(10)15/h1-4H,5-9H2,(H,16,17). The molecule has 0 radical (unpaired) electrons.